The molecule has 0 radical (unpaired) electrons. The fraction of sp³-hybridized carbons (Fsp3) is 0.450. The van der Waals surface area contributed by atoms with Crippen LogP contribution in [0.1, 0.15) is 46.6 Å². The van der Waals surface area contributed by atoms with Crippen LogP contribution in [0.25, 0.3) is 0 Å². The first-order valence-corrected chi connectivity index (χ1v) is 10.1. The van der Waals surface area contributed by atoms with E-state index in [1.165, 1.54) is 0 Å². The van der Waals surface area contributed by atoms with E-state index in [0.29, 0.717) is 25.2 Å². The van der Waals surface area contributed by atoms with Crippen LogP contribution in [-0.4, -0.2) is 49.5 Å². The minimum Gasteiger partial charge on any atom is -0.375 e. The highest BCUT2D eigenvalue weighted by atomic mass is 32.1. The number of methoxy groups -OCH3 is 1. The second-order valence-corrected chi connectivity index (χ2v) is 7.26. The molecular formula is C20H29N5O2S. The van der Waals surface area contributed by atoms with Crippen molar-refractivity contribution in [2.75, 3.05) is 27.7 Å². The first kappa shape index (κ1) is 21.8. The van der Waals surface area contributed by atoms with E-state index in [2.05, 4.69) is 26.0 Å². The molecule has 0 saturated carbocycles. The molecule has 7 nitrogen and oxygen atoms in total. The summed E-state index contributed by atoms with van der Waals surface area (Å²) < 4.78 is 5.32. The summed E-state index contributed by atoms with van der Waals surface area (Å²) in [5.74, 6) is 0.727. The molecule has 2 aromatic rings. The lowest BCUT2D eigenvalue weighted by Gasteiger charge is -2.21. The first-order valence-electron chi connectivity index (χ1n) is 9.24. The second kappa shape index (κ2) is 10.8. The van der Waals surface area contributed by atoms with Gasteiger partial charge in [-0.3, -0.25) is 9.79 Å². The molecule has 0 aliphatic rings. The number of hydrogen-bond acceptors (Lipinski definition) is 5. The minimum absolute atomic E-state index is 0.00359. The molecule has 2 N–H and O–H groups in total. The highest BCUT2D eigenvalue weighted by Crippen LogP contribution is 2.20. The van der Waals surface area contributed by atoms with Gasteiger partial charge in [0, 0.05) is 45.2 Å². The fourth-order valence-electron chi connectivity index (χ4n) is 2.60. The lowest BCUT2D eigenvalue weighted by Crippen LogP contribution is -2.38. The number of amides is 1. The topological polar surface area (TPSA) is 78.9 Å². The number of ether oxygens (including phenoxy) is 1. The van der Waals surface area contributed by atoms with Crippen molar-refractivity contribution in [3.63, 3.8) is 0 Å². The number of guanidine groups is 1. The van der Waals surface area contributed by atoms with E-state index < -0.39 is 0 Å². The monoisotopic (exact) mass is 403 g/mol. The number of thiazole rings is 1. The Balaban J connectivity index is 1.91. The number of carbonyl (C=O) groups is 1. The third-order valence-electron chi connectivity index (χ3n) is 4.25. The summed E-state index contributed by atoms with van der Waals surface area (Å²) in [7, 11) is 5.43. The van der Waals surface area contributed by atoms with Gasteiger partial charge in [-0.1, -0.05) is 12.1 Å². The van der Waals surface area contributed by atoms with Gasteiger partial charge in [0.2, 0.25) is 0 Å². The van der Waals surface area contributed by atoms with Gasteiger partial charge in [0.15, 0.2) is 5.96 Å². The van der Waals surface area contributed by atoms with Crippen molar-refractivity contribution in [2.45, 2.75) is 33.0 Å². The summed E-state index contributed by atoms with van der Waals surface area (Å²) in [5.41, 5.74) is 2.73. The number of aromatic nitrogens is 1. The Morgan fingerprint density at radius 2 is 2.04 bits per heavy atom. The molecule has 0 bridgehead atoms. The van der Waals surface area contributed by atoms with E-state index in [-0.39, 0.29) is 12.0 Å². The van der Waals surface area contributed by atoms with Crippen LogP contribution >= 0.6 is 11.3 Å². The standard InChI is InChI=1S/C20H29N5O2S/c1-6-22-18(26)16-9-7-15(8-10-16)11-23-20(21-3)25(4)12-17-13-28-19(24-17)14(2)27-5/h7-10,13-14H,6,11-12H2,1-5H3,(H,21,23)(H,22,26). The Morgan fingerprint density at radius 1 is 1.32 bits per heavy atom. The summed E-state index contributed by atoms with van der Waals surface area (Å²) in [4.78, 5) is 22.8. The third kappa shape index (κ3) is 6.03. The number of hydrogen-bond donors (Lipinski definition) is 2. The molecule has 0 aliphatic heterocycles. The van der Waals surface area contributed by atoms with E-state index >= 15 is 0 Å². The molecule has 1 aromatic heterocycles. The molecule has 0 saturated heterocycles. The van der Waals surface area contributed by atoms with Crippen molar-refractivity contribution < 1.29 is 9.53 Å². The van der Waals surface area contributed by atoms with Crippen molar-refractivity contribution in [1.82, 2.24) is 20.5 Å². The lowest BCUT2D eigenvalue weighted by molar-refractivity contribution is 0.0956. The van der Waals surface area contributed by atoms with Crippen molar-refractivity contribution in [3.8, 4) is 0 Å². The van der Waals surface area contributed by atoms with Gasteiger partial charge in [0.25, 0.3) is 5.91 Å². The van der Waals surface area contributed by atoms with Crippen LogP contribution in [0.4, 0.5) is 0 Å². The average Bonchev–Trinajstić information content (AvgIpc) is 3.17. The molecule has 0 fully saturated rings. The number of nitrogens with one attached hydrogen (secondary N) is 2. The van der Waals surface area contributed by atoms with Crippen molar-refractivity contribution in [2.24, 2.45) is 4.99 Å². The van der Waals surface area contributed by atoms with Crippen molar-refractivity contribution >= 4 is 23.2 Å². The predicted octanol–water partition coefficient (Wildman–Crippen LogP) is 2.81. The Morgan fingerprint density at radius 3 is 2.64 bits per heavy atom. The molecule has 1 atom stereocenters. The summed E-state index contributed by atoms with van der Waals surface area (Å²) in [6.45, 7) is 5.79. The van der Waals surface area contributed by atoms with E-state index in [1.54, 1.807) is 25.5 Å². The van der Waals surface area contributed by atoms with Gasteiger partial charge in [-0.15, -0.1) is 11.3 Å². The highest BCUT2D eigenvalue weighted by Gasteiger charge is 2.13. The maximum Gasteiger partial charge on any atom is 0.251 e. The second-order valence-electron chi connectivity index (χ2n) is 6.37. The maximum absolute atomic E-state index is 11.8. The van der Waals surface area contributed by atoms with Gasteiger partial charge in [0.1, 0.15) is 11.1 Å². The number of aliphatic imine (C=N–C) groups is 1. The summed E-state index contributed by atoms with van der Waals surface area (Å²) in [6, 6.07) is 7.57. The maximum atomic E-state index is 11.8. The van der Waals surface area contributed by atoms with Gasteiger partial charge in [-0.05, 0) is 31.5 Å². The molecular weight excluding hydrogens is 374 g/mol. The molecule has 1 amide bonds. The molecule has 1 heterocycles. The average molecular weight is 404 g/mol. The van der Waals surface area contributed by atoms with Crippen LogP contribution in [0.2, 0.25) is 0 Å². The quantitative estimate of drug-likeness (QED) is 0.523. The normalized spacial score (nSPS) is 12.5. The number of nitrogens with zero attached hydrogens (tertiary/aromatic N) is 3. The zero-order valence-corrected chi connectivity index (χ0v) is 18.0. The largest absolute Gasteiger partial charge is 0.375 e. The van der Waals surface area contributed by atoms with Crippen LogP contribution in [0.3, 0.4) is 0 Å². The highest BCUT2D eigenvalue weighted by molar-refractivity contribution is 7.09. The van der Waals surface area contributed by atoms with E-state index in [0.717, 1.165) is 22.2 Å². The SMILES string of the molecule is CCNC(=O)c1ccc(CNC(=NC)N(C)Cc2csc(C(C)OC)n2)cc1. The van der Waals surface area contributed by atoms with Gasteiger partial charge in [-0.2, -0.15) is 0 Å². The van der Waals surface area contributed by atoms with Crippen LogP contribution in [0.5, 0.6) is 0 Å². The molecule has 152 valence electrons. The Labute approximate surface area is 170 Å². The van der Waals surface area contributed by atoms with Crippen LogP contribution in [-0.2, 0) is 17.8 Å². The zero-order chi connectivity index (χ0) is 20.5. The fourth-order valence-corrected chi connectivity index (χ4v) is 3.44. The van der Waals surface area contributed by atoms with Gasteiger partial charge >= 0.3 is 0 Å². The Hall–Kier alpha value is -2.45. The summed E-state index contributed by atoms with van der Waals surface area (Å²) >= 11 is 1.61. The molecule has 0 aliphatic carbocycles. The molecule has 1 unspecified atom stereocenters. The number of rotatable bonds is 8. The third-order valence-corrected chi connectivity index (χ3v) is 5.30. The molecule has 0 spiro atoms. The number of carbonyl (C=O) groups excluding carboxylic acids is 1. The van der Waals surface area contributed by atoms with E-state index in [4.69, 9.17) is 4.74 Å². The van der Waals surface area contributed by atoms with Crippen LogP contribution in [0.15, 0.2) is 34.6 Å². The van der Waals surface area contributed by atoms with Crippen LogP contribution < -0.4 is 10.6 Å². The van der Waals surface area contributed by atoms with Gasteiger partial charge < -0.3 is 20.3 Å². The Kier molecular flexibility index (Phi) is 8.41. The molecule has 2 rings (SSSR count). The first-order chi connectivity index (χ1) is 13.5. The van der Waals surface area contributed by atoms with Crippen molar-refractivity contribution in [3.05, 3.63) is 51.5 Å². The van der Waals surface area contributed by atoms with Crippen molar-refractivity contribution in [1.29, 1.82) is 0 Å². The van der Waals surface area contributed by atoms with Gasteiger partial charge in [-0.25, -0.2) is 4.98 Å². The van der Waals surface area contributed by atoms with Gasteiger partial charge in [0.05, 0.1) is 12.2 Å². The number of benzene rings is 1. The van der Waals surface area contributed by atoms with E-state index in [9.17, 15) is 4.79 Å². The summed E-state index contributed by atoms with van der Waals surface area (Å²) in [6.07, 6.45) is 0.00359. The zero-order valence-electron chi connectivity index (χ0n) is 17.2. The van der Waals surface area contributed by atoms with E-state index in [1.807, 2.05) is 50.1 Å². The molecule has 8 heteroatoms. The molecule has 1 aromatic carbocycles. The smallest absolute Gasteiger partial charge is 0.251 e. The predicted molar refractivity (Wildman–Crippen MR) is 114 cm³/mol. The lowest BCUT2D eigenvalue weighted by atomic mass is 10.1. The minimum atomic E-state index is -0.0528. The molecule has 28 heavy (non-hydrogen) atoms. The summed E-state index contributed by atoms with van der Waals surface area (Å²) in [5, 5.41) is 9.17. The Bertz CT molecular complexity index is 788. The van der Waals surface area contributed by atoms with Crippen LogP contribution in [0, 0.1) is 0 Å².